The minimum atomic E-state index is -0.468. The van der Waals surface area contributed by atoms with Crippen LogP contribution in [-0.2, 0) is 9.59 Å². The van der Waals surface area contributed by atoms with Crippen LogP contribution in [0.5, 0.6) is 5.75 Å². The Morgan fingerprint density at radius 3 is 2.29 bits per heavy atom. The van der Waals surface area contributed by atoms with Crippen LogP contribution in [0.2, 0.25) is 5.02 Å². The average Bonchev–Trinajstić information content (AvgIpc) is 3.00. The molecule has 156 valence electrons. The molecule has 0 unspecified atom stereocenters. The first-order valence-corrected chi connectivity index (χ1v) is 10.1. The lowest BCUT2D eigenvalue weighted by atomic mass is 10.0. The van der Waals surface area contributed by atoms with Gasteiger partial charge in [-0.1, -0.05) is 59.6 Å². The molecule has 2 amide bonds. The van der Waals surface area contributed by atoms with Crippen molar-refractivity contribution in [3.05, 3.63) is 94.1 Å². The van der Waals surface area contributed by atoms with Gasteiger partial charge in [-0.15, -0.1) is 0 Å². The zero-order valence-electron chi connectivity index (χ0n) is 17.4. The highest BCUT2D eigenvalue weighted by Gasteiger charge is 2.41. The van der Waals surface area contributed by atoms with Crippen molar-refractivity contribution >= 4 is 40.4 Å². The van der Waals surface area contributed by atoms with Gasteiger partial charge >= 0.3 is 0 Å². The minimum absolute atomic E-state index is 0.213. The van der Waals surface area contributed by atoms with Gasteiger partial charge in [0.2, 0.25) is 0 Å². The number of carbonyl (C=O) groups excluding carboxylic acids is 2. The molecule has 3 aromatic carbocycles. The van der Waals surface area contributed by atoms with Gasteiger partial charge in [0.1, 0.15) is 11.4 Å². The van der Waals surface area contributed by atoms with E-state index < -0.39 is 11.8 Å². The molecule has 1 aliphatic heterocycles. The number of nitrogens with zero attached hydrogens (tertiary/aromatic N) is 1. The Hall–Kier alpha value is -3.57. The van der Waals surface area contributed by atoms with Gasteiger partial charge in [0.05, 0.1) is 18.4 Å². The molecule has 31 heavy (non-hydrogen) atoms. The van der Waals surface area contributed by atoms with Crippen LogP contribution in [0.4, 0.5) is 11.4 Å². The molecule has 0 radical (unpaired) electrons. The number of amides is 2. The van der Waals surface area contributed by atoms with Crippen molar-refractivity contribution < 1.29 is 14.3 Å². The van der Waals surface area contributed by atoms with Crippen molar-refractivity contribution in [2.45, 2.75) is 13.8 Å². The number of anilines is 2. The second-order valence-electron chi connectivity index (χ2n) is 7.32. The molecule has 0 spiro atoms. The predicted molar refractivity (Wildman–Crippen MR) is 123 cm³/mol. The normalized spacial score (nSPS) is 13.7. The van der Waals surface area contributed by atoms with E-state index in [1.165, 1.54) is 7.11 Å². The van der Waals surface area contributed by atoms with Crippen molar-refractivity contribution in [2.75, 3.05) is 17.3 Å². The fourth-order valence-electron chi connectivity index (χ4n) is 3.54. The number of benzene rings is 3. The second kappa shape index (κ2) is 8.28. The van der Waals surface area contributed by atoms with Crippen LogP contribution in [0.1, 0.15) is 16.7 Å². The molecule has 5 nitrogen and oxygen atoms in total. The molecule has 0 aliphatic carbocycles. The van der Waals surface area contributed by atoms with E-state index in [1.54, 1.807) is 18.2 Å². The SMILES string of the molecule is COc1ccc(Cl)cc1N1C(=O)C(Nc2ccccc2C)=C(c2ccc(C)cc2)C1=O. The number of methoxy groups -OCH3 is 1. The maximum Gasteiger partial charge on any atom is 0.282 e. The van der Waals surface area contributed by atoms with Gasteiger partial charge in [-0.3, -0.25) is 9.59 Å². The molecule has 0 atom stereocenters. The fraction of sp³-hybridized carbons (Fsp3) is 0.120. The molecule has 1 aliphatic rings. The third kappa shape index (κ3) is 3.80. The molecule has 3 aromatic rings. The summed E-state index contributed by atoms with van der Waals surface area (Å²) in [4.78, 5) is 28.2. The lowest BCUT2D eigenvalue weighted by Crippen LogP contribution is -2.32. The van der Waals surface area contributed by atoms with E-state index in [0.29, 0.717) is 27.6 Å². The Morgan fingerprint density at radius 2 is 1.61 bits per heavy atom. The van der Waals surface area contributed by atoms with Gasteiger partial charge < -0.3 is 10.1 Å². The van der Waals surface area contributed by atoms with Crippen molar-refractivity contribution in [3.8, 4) is 5.75 Å². The first kappa shape index (κ1) is 20.7. The molecule has 6 heteroatoms. The molecule has 0 bridgehead atoms. The van der Waals surface area contributed by atoms with E-state index in [1.807, 2.05) is 62.4 Å². The number of para-hydroxylation sites is 1. The molecule has 1 heterocycles. The van der Waals surface area contributed by atoms with E-state index >= 15 is 0 Å². The summed E-state index contributed by atoms with van der Waals surface area (Å²) in [5.41, 5.74) is 4.24. The molecule has 1 N–H and O–H groups in total. The summed E-state index contributed by atoms with van der Waals surface area (Å²) in [7, 11) is 1.48. The van der Waals surface area contributed by atoms with Gasteiger partial charge in [-0.2, -0.15) is 0 Å². The average molecular weight is 433 g/mol. The molecule has 0 saturated carbocycles. The van der Waals surface area contributed by atoms with E-state index in [4.69, 9.17) is 16.3 Å². The largest absolute Gasteiger partial charge is 0.495 e. The van der Waals surface area contributed by atoms with Crippen LogP contribution >= 0.6 is 11.6 Å². The fourth-order valence-corrected chi connectivity index (χ4v) is 3.70. The van der Waals surface area contributed by atoms with E-state index in [0.717, 1.165) is 21.7 Å². The first-order valence-electron chi connectivity index (χ1n) is 9.77. The van der Waals surface area contributed by atoms with Gasteiger partial charge in [0, 0.05) is 10.7 Å². The molecule has 0 saturated heterocycles. The van der Waals surface area contributed by atoms with Crippen LogP contribution in [0, 0.1) is 13.8 Å². The summed E-state index contributed by atoms with van der Waals surface area (Å²) in [6, 6.07) is 19.9. The smallest absolute Gasteiger partial charge is 0.282 e. The van der Waals surface area contributed by atoms with Crippen molar-refractivity contribution in [1.29, 1.82) is 0 Å². The Kier molecular flexibility index (Phi) is 5.53. The molecule has 0 fully saturated rings. The first-order chi connectivity index (χ1) is 14.9. The summed E-state index contributed by atoms with van der Waals surface area (Å²) in [5, 5.41) is 3.59. The van der Waals surface area contributed by atoms with E-state index in [9.17, 15) is 9.59 Å². The van der Waals surface area contributed by atoms with Gasteiger partial charge in [-0.25, -0.2) is 4.90 Å². The number of imide groups is 1. The maximum atomic E-state index is 13.6. The standard InChI is InChI=1S/C25H21ClN2O3/c1-15-8-10-17(11-9-15)22-23(27-19-7-5-4-6-16(19)2)25(30)28(24(22)29)20-14-18(26)12-13-21(20)31-3/h4-14,27H,1-3H3. The Bertz CT molecular complexity index is 1220. The molecule has 0 aromatic heterocycles. The Balaban J connectivity index is 1.87. The van der Waals surface area contributed by atoms with E-state index in [2.05, 4.69) is 5.32 Å². The van der Waals surface area contributed by atoms with Crippen LogP contribution in [0.3, 0.4) is 0 Å². The number of ether oxygens (including phenoxy) is 1. The molecule has 4 rings (SSSR count). The Morgan fingerprint density at radius 1 is 0.903 bits per heavy atom. The second-order valence-corrected chi connectivity index (χ2v) is 7.75. The monoisotopic (exact) mass is 432 g/mol. The molecular weight excluding hydrogens is 412 g/mol. The number of hydrogen-bond acceptors (Lipinski definition) is 4. The van der Waals surface area contributed by atoms with Crippen molar-refractivity contribution in [2.24, 2.45) is 0 Å². The van der Waals surface area contributed by atoms with Gasteiger partial charge in [0.15, 0.2) is 0 Å². The summed E-state index contributed by atoms with van der Waals surface area (Å²) < 4.78 is 5.40. The van der Waals surface area contributed by atoms with Crippen LogP contribution in [0.25, 0.3) is 5.57 Å². The number of nitrogens with one attached hydrogen (secondary N) is 1. The summed E-state index contributed by atoms with van der Waals surface area (Å²) in [6.07, 6.45) is 0. The summed E-state index contributed by atoms with van der Waals surface area (Å²) in [6.45, 7) is 3.91. The van der Waals surface area contributed by atoms with Crippen molar-refractivity contribution in [1.82, 2.24) is 0 Å². The highest BCUT2D eigenvalue weighted by atomic mass is 35.5. The van der Waals surface area contributed by atoms with Crippen LogP contribution < -0.4 is 15.0 Å². The van der Waals surface area contributed by atoms with Crippen molar-refractivity contribution in [3.63, 3.8) is 0 Å². The lowest BCUT2D eigenvalue weighted by Gasteiger charge is -2.19. The number of rotatable bonds is 5. The highest BCUT2D eigenvalue weighted by Crippen LogP contribution is 2.39. The lowest BCUT2D eigenvalue weighted by molar-refractivity contribution is -0.120. The molecular formula is C25H21ClN2O3. The minimum Gasteiger partial charge on any atom is -0.495 e. The quantitative estimate of drug-likeness (QED) is 0.551. The predicted octanol–water partition coefficient (Wildman–Crippen LogP) is 5.36. The van der Waals surface area contributed by atoms with E-state index in [-0.39, 0.29) is 5.70 Å². The number of carbonyl (C=O) groups is 2. The summed E-state index contributed by atoms with van der Waals surface area (Å²) in [5.74, 6) is -0.526. The highest BCUT2D eigenvalue weighted by molar-refractivity contribution is 6.46. The van der Waals surface area contributed by atoms with Gasteiger partial charge in [-0.05, 0) is 49.2 Å². The zero-order chi connectivity index (χ0) is 22.1. The van der Waals surface area contributed by atoms with Gasteiger partial charge in [0.25, 0.3) is 11.8 Å². The zero-order valence-corrected chi connectivity index (χ0v) is 18.2. The van der Waals surface area contributed by atoms with Crippen LogP contribution in [-0.4, -0.2) is 18.9 Å². The number of halogens is 1. The Labute approximate surface area is 185 Å². The third-order valence-corrected chi connectivity index (χ3v) is 5.45. The number of hydrogen-bond donors (Lipinski definition) is 1. The van der Waals surface area contributed by atoms with Crippen LogP contribution in [0.15, 0.2) is 72.4 Å². The third-order valence-electron chi connectivity index (χ3n) is 5.21. The maximum absolute atomic E-state index is 13.6. The number of aryl methyl sites for hydroxylation is 2. The summed E-state index contributed by atoms with van der Waals surface area (Å²) >= 11 is 6.17. The topological polar surface area (TPSA) is 58.6 Å².